The van der Waals surface area contributed by atoms with Crippen LogP contribution < -0.4 is 0 Å². The quantitative estimate of drug-likeness (QED) is 0.854. The summed E-state index contributed by atoms with van der Waals surface area (Å²) >= 11 is 4.93. The van der Waals surface area contributed by atoms with E-state index in [1.54, 1.807) is 18.5 Å². The minimum absolute atomic E-state index is 0.634. The van der Waals surface area contributed by atoms with Crippen LogP contribution in [0.2, 0.25) is 0 Å². The van der Waals surface area contributed by atoms with Gasteiger partial charge in [-0.1, -0.05) is 0 Å². The summed E-state index contributed by atoms with van der Waals surface area (Å²) in [5, 5.41) is 17.4. The van der Waals surface area contributed by atoms with Gasteiger partial charge >= 0.3 is 0 Å². The van der Waals surface area contributed by atoms with Gasteiger partial charge in [-0.15, -0.1) is 10.2 Å². The van der Waals surface area contributed by atoms with Crippen molar-refractivity contribution in [1.82, 2.24) is 14.8 Å². The van der Waals surface area contributed by atoms with Gasteiger partial charge in [-0.05, 0) is 45.9 Å². The summed E-state index contributed by atoms with van der Waals surface area (Å²) in [6, 6.07) is 7.56. The van der Waals surface area contributed by atoms with E-state index in [1.165, 1.54) is 11.8 Å². The molecule has 0 radical (unpaired) electrons. The predicted octanol–water partition coefficient (Wildman–Crippen LogP) is 2.60. The average molecular weight is 295 g/mol. The standard InChI is InChI=1S/C10H7BrN4S/c1-15-6-13-14-10(15)16-9-3-2-7(5-12)4-8(9)11/h2-4,6H,1H3. The Balaban J connectivity index is 2.30. The van der Waals surface area contributed by atoms with Crippen molar-refractivity contribution in [2.75, 3.05) is 0 Å². The van der Waals surface area contributed by atoms with E-state index < -0.39 is 0 Å². The maximum atomic E-state index is 8.75. The van der Waals surface area contributed by atoms with Crippen molar-refractivity contribution >= 4 is 27.7 Å². The first kappa shape index (κ1) is 11.2. The Morgan fingerprint density at radius 1 is 1.50 bits per heavy atom. The first-order valence-electron chi connectivity index (χ1n) is 4.42. The average Bonchev–Trinajstić information content (AvgIpc) is 2.67. The van der Waals surface area contributed by atoms with Crippen LogP contribution in [0.5, 0.6) is 0 Å². The second-order valence-electron chi connectivity index (χ2n) is 3.08. The number of nitrogens with zero attached hydrogens (tertiary/aromatic N) is 4. The van der Waals surface area contributed by atoms with Gasteiger partial charge in [0, 0.05) is 16.4 Å². The Bertz CT molecular complexity index is 558. The van der Waals surface area contributed by atoms with Crippen molar-refractivity contribution in [3.05, 3.63) is 34.6 Å². The van der Waals surface area contributed by atoms with Crippen LogP contribution in [0.3, 0.4) is 0 Å². The van der Waals surface area contributed by atoms with Gasteiger partial charge in [-0.2, -0.15) is 5.26 Å². The topological polar surface area (TPSA) is 54.5 Å². The highest BCUT2D eigenvalue weighted by atomic mass is 79.9. The van der Waals surface area contributed by atoms with Gasteiger partial charge < -0.3 is 4.57 Å². The molecule has 1 heterocycles. The number of hydrogen-bond donors (Lipinski definition) is 0. The number of benzene rings is 1. The predicted molar refractivity (Wildman–Crippen MR) is 64.0 cm³/mol. The lowest BCUT2D eigenvalue weighted by atomic mass is 10.2. The third-order valence-electron chi connectivity index (χ3n) is 1.93. The molecule has 1 aromatic heterocycles. The number of halogens is 1. The molecule has 2 aromatic rings. The molecule has 4 nitrogen and oxygen atoms in total. The number of hydrogen-bond acceptors (Lipinski definition) is 4. The fourth-order valence-electron chi connectivity index (χ4n) is 1.12. The molecule has 0 saturated heterocycles. The molecule has 0 bridgehead atoms. The minimum atomic E-state index is 0.634. The van der Waals surface area contributed by atoms with E-state index >= 15 is 0 Å². The fraction of sp³-hybridized carbons (Fsp3) is 0.100. The van der Waals surface area contributed by atoms with Gasteiger partial charge in [0.1, 0.15) is 6.33 Å². The van der Waals surface area contributed by atoms with Gasteiger partial charge in [0.05, 0.1) is 11.6 Å². The molecular weight excluding hydrogens is 288 g/mol. The molecule has 0 aliphatic rings. The molecule has 1 aromatic carbocycles. The van der Waals surface area contributed by atoms with Gasteiger partial charge in [0.15, 0.2) is 5.16 Å². The maximum absolute atomic E-state index is 8.75. The van der Waals surface area contributed by atoms with E-state index in [2.05, 4.69) is 32.2 Å². The first-order chi connectivity index (χ1) is 7.70. The molecule has 2 rings (SSSR count). The lowest BCUT2D eigenvalue weighted by Crippen LogP contribution is -1.89. The Hall–Kier alpha value is -1.32. The van der Waals surface area contributed by atoms with Crippen molar-refractivity contribution in [1.29, 1.82) is 5.26 Å². The summed E-state index contributed by atoms with van der Waals surface area (Å²) in [7, 11) is 1.89. The third-order valence-corrected chi connectivity index (χ3v) is 3.98. The summed E-state index contributed by atoms with van der Waals surface area (Å²) in [4.78, 5) is 1.01. The minimum Gasteiger partial charge on any atom is -0.311 e. The lowest BCUT2D eigenvalue weighted by Gasteiger charge is -2.03. The highest BCUT2D eigenvalue weighted by Crippen LogP contribution is 2.32. The zero-order valence-corrected chi connectivity index (χ0v) is 10.8. The molecule has 80 valence electrons. The molecule has 0 spiro atoms. The van der Waals surface area contributed by atoms with Gasteiger partial charge in [-0.25, -0.2) is 0 Å². The van der Waals surface area contributed by atoms with Gasteiger partial charge in [-0.3, -0.25) is 0 Å². The van der Waals surface area contributed by atoms with Crippen LogP contribution in [0.25, 0.3) is 0 Å². The van der Waals surface area contributed by atoms with E-state index in [-0.39, 0.29) is 0 Å². The van der Waals surface area contributed by atoms with Crippen molar-refractivity contribution in [3.63, 3.8) is 0 Å². The Kier molecular flexibility index (Phi) is 3.27. The van der Waals surface area contributed by atoms with E-state index in [0.717, 1.165) is 14.5 Å². The van der Waals surface area contributed by atoms with Gasteiger partial charge in [0.2, 0.25) is 0 Å². The number of aryl methyl sites for hydroxylation is 1. The molecule has 0 aliphatic carbocycles. The largest absolute Gasteiger partial charge is 0.311 e. The summed E-state index contributed by atoms with van der Waals surface area (Å²) in [6.07, 6.45) is 1.65. The second-order valence-corrected chi connectivity index (χ2v) is 4.95. The van der Waals surface area contributed by atoms with Crippen molar-refractivity contribution < 1.29 is 0 Å². The highest BCUT2D eigenvalue weighted by Gasteiger charge is 2.07. The van der Waals surface area contributed by atoms with Crippen LogP contribution in [0.1, 0.15) is 5.56 Å². The summed E-state index contributed by atoms with van der Waals surface area (Å²) < 4.78 is 2.73. The maximum Gasteiger partial charge on any atom is 0.195 e. The summed E-state index contributed by atoms with van der Waals surface area (Å²) in [5.74, 6) is 0. The zero-order chi connectivity index (χ0) is 11.5. The molecule has 0 saturated carbocycles. The number of rotatable bonds is 2. The SMILES string of the molecule is Cn1cnnc1Sc1ccc(C#N)cc1Br. The Morgan fingerprint density at radius 2 is 2.31 bits per heavy atom. The molecule has 0 fully saturated rings. The summed E-state index contributed by atoms with van der Waals surface area (Å²) in [5.41, 5.74) is 0.634. The molecule has 6 heteroatoms. The van der Waals surface area contributed by atoms with Crippen LogP contribution >= 0.6 is 27.7 Å². The van der Waals surface area contributed by atoms with E-state index in [9.17, 15) is 0 Å². The Labute approximate surface area is 105 Å². The van der Waals surface area contributed by atoms with Crippen LogP contribution in [-0.2, 0) is 7.05 Å². The molecule has 16 heavy (non-hydrogen) atoms. The number of aromatic nitrogens is 3. The van der Waals surface area contributed by atoms with Crippen molar-refractivity contribution in [2.24, 2.45) is 7.05 Å². The molecule has 0 atom stereocenters. The molecule has 0 unspecified atom stereocenters. The van der Waals surface area contributed by atoms with E-state index in [0.29, 0.717) is 5.56 Å². The molecule has 0 N–H and O–H groups in total. The number of nitriles is 1. The fourth-order valence-corrected chi connectivity index (χ4v) is 2.51. The lowest BCUT2D eigenvalue weighted by molar-refractivity contribution is 0.788. The zero-order valence-electron chi connectivity index (χ0n) is 8.38. The second kappa shape index (κ2) is 4.68. The molecular formula is C10H7BrN4S. The highest BCUT2D eigenvalue weighted by molar-refractivity contribution is 9.10. The van der Waals surface area contributed by atoms with Crippen LogP contribution in [0, 0.1) is 11.3 Å². The van der Waals surface area contributed by atoms with E-state index in [1.807, 2.05) is 17.7 Å². The molecule has 0 aliphatic heterocycles. The molecule has 0 amide bonds. The van der Waals surface area contributed by atoms with Crippen LogP contribution in [0.4, 0.5) is 0 Å². The normalized spacial score (nSPS) is 10.1. The first-order valence-corrected chi connectivity index (χ1v) is 6.03. The van der Waals surface area contributed by atoms with Gasteiger partial charge in [0.25, 0.3) is 0 Å². The monoisotopic (exact) mass is 294 g/mol. The smallest absolute Gasteiger partial charge is 0.195 e. The van der Waals surface area contributed by atoms with Crippen molar-refractivity contribution in [2.45, 2.75) is 10.1 Å². The summed E-state index contributed by atoms with van der Waals surface area (Å²) in [6.45, 7) is 0. The van der Waals surface area contributed by atoms with Crippen molar-refractivity contribution in [3.8, 4) is 6.07 Å². The Morgan fingerprint density at radius 3 is 2.88 bits per heavy atom. The van der Waals surface area contributed by atoms with E-state index in [4.69, 9.17) is 5.26 Å². The van der Waals surface area contributed by atoms with Crippen LogP contribution in [-0.4, -0.2) is 14.8 Å². The van der Waals surface area contributed by atoms with Crippen LogP contribution in [0.15, 0.2) is 39.1 Å². The third kappa shape index (κ3) is 2.26.